The van der Waals surface area contributed by atoms with Gasteiger partial charge in [0, 0.05) is 22.8 Å². The van der Waals surface area contributed by atoms with E-state index in [0.717, 1.165) is 36.6 Å². The van der Waals surface area contributed by atoms with E-state index in [0.29, 0.717) is 10.6 Å². The second kappa shape index (κ2) is 10.1. The number of hydrogen-bond acceptors (Lipinski definition) is 3. The van der Waals surface area contributed by atoms with Crippen LogP contribution in [0.2, 0.25) is 5.02 Å². The number of para-hydroxylation sites is 3. The molecule has 3 rings (SSSR count). The Bertz CT molecular complexity index is 926. The lowest BCUT2D eigenvalue weighted by molar-refractivity contribution is 0.102. The van der Waals surface area contributed by atoms with Crippen LogP contribution in [0.1, 0.15) is 16.8 Å². The SMILES string of the molecule is CN(C)CCCN(c1ccccc1)c1ccccc1NC(=O)c1ccc(Cl)cc1. The zero-order valence-electron chi connectivity index (χ0n) is 16.8. The molecule has 0 spiro atoms. The van der Waals surface area contributed by atoms with E-state index in [2.05, 4.69) is 41.3 Å². The van der Waals surface area contributed by atoms with Crippen LogP contribution in [0.4, 0.5) is 17.1 Å². The van der Waals surface area contributed by atoms with Crippen LogP contribution in [0.25, 0.3) is 0 Å². The van der Waals surface area contributed by atoms with Gasteiger partial charge in [-0.1, -0.05) is 41.9 Å². The summed E-state index contributed by atoms with van der Waals surface area (Å²) in [4.78, 5) is 17.2. The average molecular weight is 408 g/mol. The predicted octanol–water partition coefficient (Wildman–Crippen LogP) is 5.68. The molecular weight excluding hydrogens is 382 g/mol. The van der Waals surface area contributed by atoms with Crippen LogP contribution < -0.4 is 10.2 Å². The molecule has 29 heavy (non-hydrogen) atoms. The molecule has 0 unspecified atom stereocenters. The van der Waals surface area contributed by atoms with Crippen LogP contribution in [0.5, 0.6) is 0 Å². The fourth-order valence-corrected chi connectivity index (χ4v) is 3.28. The first-order valence-electron chi connectivity index (χ1n) is 9.68. The number of anilines is 3. The van der Waals surface area contributed by atoms with Crippen molar-refractivity contribution in [1.29, 1.82) is 0 Å². The van der Waals surface area contributed by atoms with Gasteiger partial charge in [-0.2, -0.15) is 0 Å². The van der Waals surface area contributed by atoms with Gasteiger partial charge in [-0.3, -0.25) is 4.79 Å². The highest BCUT2D eigenvalue weighted by molar-refractivity contribution is 6.30. The molecule has 4 nitrogen and oxygen atoms in total. The summed E-state index contributed by atoms with van der Waals surface area (Å²) >= 11 is 5.94. The summed E-state index contributed by atoms with van der Waals surface area (Å²) in [5, 5.41) is 3.67. The standard InChI is InChI=1S/C24H26ClN3O/c1-27(2)17-8-18-28(21-9-4-3-5-10-21)23-12-7-6-11-22(23)26-24(29)19-13-15-20(25)16-14-19/h3-7,9-16H,8,17-18H2,1-2H3,(H,26,29). The van der Waals surface area contributed by atoms with E-state index < -0.39 is 0 Å². The molecule has 3 aromatic carbocycles. The zero-order chi connectivity index (χ0) is 20.6. The number of carbonyl (C=O) groups is 1. The van der Waals surface area contributed by atoms with Crippen molar-refractivity contribution in [3.63, 3.8) is 0 Å². The van der Waals surface area contributed by atoms with Gasteiger partial charge < -0.3 is 15.1 Å². The molecule has 1 N–H and O–H groups in total. The van der Waals surface area contributed by atoms with Gasteiger partial charge in [0.1, 0.15) is 0 Å². The summed E-state index contributed by atoms with van der Waals surface area (Å²) in [7, 11) is 4.15. The molecule has 0 aliphatic carbocycles. The summed E-state index contributed by atoms with van der Waals surface area (Å²) < 4.78 is 0. The largest absolute Gasteiger partial charge is 0.340 e. The van der Waals surface area contributed by atoms with Crippen molar-refractivity contribution >= 4 is 34.6 Å². The Labute approximate surface area is 177 Å². The summed E-state index contributed by atoms with van der Waals surface area (Å²) in [5.74, 6) is -0.157. The lowest BCUT2D eigenvalue weighted by Gasteiger charge is -2.28. The Balaban J connectivity index is 1.88. The minimum absolute atomic E-state index is 0.157. The lowest BCUT2D eigenvalue weighted by atomic mass is 10.1. The van der Waals surface area contributed by atoms with Crippen molar-refractivity contribution in [1.82, 2.24) is 4.90 Å². The van der Waals surface area contributed by atoms with Crippen molar-refractivity contribution < 1.29 is 4.79 Å². The third kappa shape index (κ3) is 5.83. The summed E-state index contributed by atoms with van der Waals surface area (Å²) in [6.45, 7) is 1.83. The van der Waals surface area contributed by atoms with Crippen LogP contribution >= 0.6 is 11.6 Å². The van der Waals surface area contributed by atoms with Crippen molar-refractivity contribution in [2.45, 2.75) is 6.42 Å². The Morgan fingerprint density at radius 3 is 2.21 bits per heavy atom. The number of amides is 1. The molecule has 0 bridgehead atoms. The van der Waals surface area contributed by atoms with Gasteiger partial charge in [0.15, 0.2) is 0 Å². The Morgan fingerprint density at radius 2 is 1.52 bits per heavy atom. The average Bonchev–Trinajstić information content (AvgIpc) is 2.73. The number of hydrogen-bond donors (Lipinski definition) is 1. The predicted molar refractivity (Wildman–Crippen MR) is 122 cm³/mol. The van der Waals surface area contributed by atoms with E-state index in [9.17, 15) is 4.79 Å². The number of carbonyl (C=O) groups excluding carboxylic acids is 1. The van der Waals surface area contributed by atoms with Gasteiger partial charge in [0.05, 0.1) is 11.4 Å². The Kier molecular flexibility index (Phi) is 7.28. The summed E-state index contributed by atoms with van der Waals surface area (Å²) in [6.07, 6.45) is 1.00. The summed E-state index contributed by atoms with van der Waals surface area (Å²) in [6, 6.07) is 25.1. The van der Waals surface area contributed by atoms with Gasteiger partial charge >= 0.3 is 0 Å². The molecule has 150 valence electrons. The normalized spacial score (nSPS) is 10.8. The maximum absolute atomic E-state index is 12.8. The van der Waals surface area contributed by atoms with Gasteiger partial charge in [-0.15, -0.1) is 0 Å². The van der Waals surface area contributed by atoms with Crippen molar-refractivity contribution in [3.05, 3.63) is 89.4 Å². The van der Waals surface area contributed by atoms with Crippen molar-refractivity contribution in [2.24, 2.45) is 0 Å². The third-order valence-electron chi connectivity index (χ3n) is 4.60. The molecule has 0 saturated carbocycles. The highest BCUT2D eigenvalue weighted by atomic mass is 35.5. The van der Waals surface area contributed by atoms with E-state index in [1.807, 2.05) is 42.5 Å². The molecule has 5 heteroatoms. The zero-order valence-corrected chi connectivity index (χ0v) is 17.6. The van der Waals surface area contributed by atoms with Crippen LogP contribution in [0.15, 0.2) is 78.9 Å². The maximum Gasteiger partial charge on any atom is 0.255 e. The van der Waals surface area contributed by atoms with Gasteiger partial charge in [0.25, 0.3) is 5.91 Å². The number of nitrogens with one attached hydrogen (secondary N) is 1. The lowest BCUT2D eigenvalue weighted by Crippen LogP contribution is -2.24. The van der Waals surface area contributed by atoms with Gasteiger partial charge in [-0.25, -0.2) is 0 Å². The van der Waals surface area contributed by atoms with Crippen LogP contribution in [-0.2, 0) is 0 Å². The maximum atomic E-state index is 12.8. The minimum Gasteiger partial charge on any atom is -0.340 e. The van der Waals surface area contributed by atoms with E-state index in [-0.39, 0.29) is 5.91 Å². The van der Waals surface area contributed by atoms with E-state index in [1.54, 1.807) is 24.3 Å². The van der Waals surface area contributed by atoms with Crippen molar-refractivity contribution in [3.8, 4) is 0 Å². The van der Waals surface area contributed by atoms with Crippen LogP contribution in [0, 0.1) is 0 Å². The fraction of sp³-hybridized carbons (Fsp3) is 0.208. The molecule has 0 radical (unpaired) electrons. The van der Waals surface area contributed by atoms with Crippen LogP contribution in [-0.4, -0.2) is 38.0 Å². The fourth-order valence-electron chi connectivity index (χ4n) is 3.15. The number of rotatable bonds is 8. The molecule has 0 aromatic heterocycles. The molecule has 0 atom stereocenters. The molecular formula is C24H26ClN3O. The van der Waals surface area contributed by atoms with E-state index >= 15 is 0 Å². The van der Waals surface area contributed by atoms with Crippen molar-refractivity contribution in [2.75, 3.05) is 37.4 Å². The summed E-state index contributed by atoms with van der Waals surface area (Å²) in [5.41, 5.74) is 3.42. The molecule has 0 aliphatic rings. The quantitative estimate of drug-likeness (QED) is 0.521. The molecule has 0 fully saturated rings. The van der Waals surface area contributed by atoms with Gasteiger partial charge in [0.2, 0.25) is 0 Å². The number of nitrogens with zero attached hydrogens (tertiary/aromatic N) is 2. The highest BCUT2D eigenvalue weighted by Crippen LogP contribution is 2.32. The second-order valence-electron chi connectivity index (χ2n) is 7.12. The molecule has 1 amide bonds. The molecule has 0 saturated heterocycles. The van der Waals surface area contributed by atoms with E-state index in [1.165, 1.54) is 0 Å². The third-order valence-corrected chi connectivity index (χ3v) is 4.86. The highest BCUT2D eigenvalue weighted by Gasteiger charge is 2.15. The number of benzene rings is 3. The smallest absolute Gasteiger partial charge is 0.255 e. The van der Waals surface area contributed by atoms with E-state index in [4.69, 9.17) is 11.6 Å². The second-order valence-corrected chi connectivity index (χ2v) is 7.56. The Morgan fingerprint density at radius 1 is 0.862 bits per heavy atom. The topological polar surface area (TPSA) is 35.6 Å². The first kappa shape index (κ1) is 20.9. The molecule has 0 heterocycles. The molecule has 0 aliphatic heterocycles. The Hall–Kier alpha value is -2.82. The van der Waals surface area contributed by atoms with Gasteiger partial charge in [-0.05, 0) is 75.6 Å². The van der Waals surface area contributed by atoms with Crippen LogP contribution in [0.3, 0.4) is 0 Å². The minimum atomic E-state index is -0.157. The monoisotopic (exact) mass is 407 g/mol. The molecule has 3 aromatic rings. The first-order valence-corrected chi connectivity index (χ1v) is 10.1. The first-order chi connectivity index (χ1) is 14.0. The number of halogens is 1.